The number of carbonyl (C=O) groups is 2. The third-order valence-corrected chi connectivity index (χ3v) is 4.68. The first-order valence-electron chi connectivity index (χ1n) is 10.1. The molecule has 2 aromatic rings. The maximum atomic E-state index is 12.9. The van der Waals surface area contributed by atoms with Gasteiger partial charge in [-0.1, -0.05) is 25.1 Å². The number of amides is 2. The van der Waals surface area contributed by atoms with E-state index in [2.05, 4.69) is 5.43 Å². The van der Waals surface area contributed by atoms with Crippen LogP contribution in [0.2, 0.25) is 0 Å². The Balaban J connectivity index is 1.96. The summed E-state index contributed by atoms with van der Waals surface area (Å²) in [5.41, 5.74) is 4.22. The molecule has 0 radical (unpaired) electrons. The van der Waals surface area contributed by atoms with Crippen LogP contribution in [-0.2, 0) is 9.59 Å². The van der Waals surface area contributed by atoms with E-state index in [1.54, 1.807) is 43.3 Å². The van der Waals surface area contributed by atoms with Crippen molar-refractivity contribution in [1.29, 1.82) is 0 Å². The van der Waals surface area contributed by atoms with Gasteiger partial charge in [0.1, 0.15) is 29.8 Å². The second-order valence-corrected chi connectivity index (χ2v) is 7.08. The lowest BCUT2D eigenvalue weighted by atomic mass is 10.0. The number of nitrogens with zero attached hydrogens (tertiary/aromatic N) is 1. The van der Waals surface area contributed by atoms with E-state index in [0.717, 1.165) is 6.42 Å². The molecule has 2 aromatic carbocycles. The Morgan fingerprint density at radius 3 is 2.55 bits per heavy atom. The van der Waals surface area contributed by atoms with Crippen LogP contribution < -0.4 is 19.9 Å². The van der Waals surface area contributed by atoms with Gasteiger partial charge in [0.05, 0.1) is 18.9 Å². The van der Waals surface area contributed by atoms with Crippen molar-refractivity contribution in [2.75, 3.05) is 24.8 Å². The second-order valence-electron chi connectivity index (χ2n) is 7.08. The summed E-state index contributed by atoms with van der Waals surface area (Å²) in [6, 6.07) is 12.2. The first kappa shape index (κ1) is 22.3. The lowest BCUT2D eigenvalue weighted by Crippen LogP contribution is -2.35. The summed E-state index contributed by atoms with van der Waals surface area (Å²) in [7, 11) is 0. The van der Waals surface area contributed by atoms with Gasteiger partial charge < -0.3 is 19.7 Å². The molecule has 0 bridgehead atoms. The van der Waals surface area contributed by atoms with E-state index < -0.39 is 24.5 Å². The summed E-state index contributed by atoms with van der Waals surface area (Å²) in [5, 5.41) is 20.0. The first-order chi connectivity index (χ1) is 15.0. The molecule has 1 saturated heterocycles. The average molecular weight is 426 g/mol. The van der Waals surface area contributed by atoms with Gasteiger partial charge in [-0.3, -0.25) is 15.0 Å². The third-order valence-electron chi connectivity index (χ3n) is 4.68. The molecule has 1 heterocycles. The fourth-order valence-electron chi connectivity index (χ4n) is 3.07. The monoisotopic (exact) mass is 426 g/mol. The lowest BCUT2D eigenvalue weighted by molar-refractivity contribution is -0.117. The Morgan fingerprint density at radius 2 is 1.87 bits per heavy atom. The maximum absolute atomic E-state index is 12.9. The summed E-state index contributed by atoms with van der Waals surface area (Å²) in [4.78, 5) is 25.4. The molecule has 8 nitrogen and oxygen atoms in total. The number of anilines is 1. The van der Waals surface area contributed by atoms with E-state index in [4.69, 9.17) is 14.6 Å². The van der Waals surface area contributed by atoms with Gasteiger partial charge in [-0.05, 0) is 43.7 Å². The Kier molecular flexibility index (Phi) is 7.28. The molecular weight excluding hydrogens is 400 g/mol. The minimum atomic E-state index is -1.06. The van der Waals surface area contributed by atoms with Crippen molar-refractivity contribution in [1.82, 2.24) is 5.43 Å². The first-order valence-corrected chi connectivity index (χ1v) is 10.1. The Bertz CT molecular complexity index is 974. The molecule has 31 heavy (non-hydrogen) atoms. The number of aliphatic hydroxyl groups is 2. The van der Waals surface area contributed by atoms with Crippen LogP contribution in [0.5, 0.6) is 11.5 Å². The van der Waals surface area contributed by atoms with Gasteiger partial charge in [0, 0.05) is 11.1 Å². The molecule has 3 N–H and O–H groups in total. The molecule has 0 aliphatic carbocycles. The molecule has 0 spiro atoms. The van der Waals surface area contributed by atoms with Crippen LogP contribution in [0.3, 0.4) is 0 Å². The average Bonchev–Trinajstić information content (AvgIpc) is 3.06. The number of ether oxygens (including phenoxy) is 2. The summed E-state index contributed by atoms with van der Waals surface area (Å²) in [6.45, 7) is 3.70. The standard InChI is InChI=1S/C23H26N2O6/c1-3-11-30-20-10-9-16(21(15(20)2)31-14-18(27)13-26)12-19-22(28)24-25(23(19)29)17-7-5-4-6-8-17/h4-10,12,18,26-27H,3,11,13-14H2,1-2H3,(H,24,28)/b19-12-/t18-/m0/s1. The number of hydrazine groups is 1. The summed E-state index contributed by atoms with van der Waals surface area (Å²) >= 11 is 0. The summed E-state index contributed by atoms with van der Waals surface area (Å²) in [6.07, 6.45) is 1.22. The molecular formula is C23H26N2O6. The zero-order valence-corrected chi connectivity index (χ0v) is 17.5. The van der Waals surface area contributed by atoms with Crippen molar-refractivity contribution in [2.24, 2.45) is 0 Å². The minimum Gasteiger partial charge on any atom is -0.493 e. The number of benzene rings is 2. The topological polar surface area (TPSA) is 108 Å². The molecule has 8 heteroatoms. The molecule has 0 aromatic heterocycles. The largest absolute Gasteiger partial charge is 0.493 e. The quantitative estimate of drug-likeness (QED) is 0.418. The van der Waals surface area contributed by atoms with Crippen molar-refractivity contribution < 1.29 is 29.3 Å². The van der Waals surface area contributed by atoms with Crippen molar-refractivity contribution in [3.05, 3.63) is 59.2 Å². The second kappa shape index (κ2) is 10.1. The number of nitrogens with one attached hydrogen (secondary N) is 1. The van der Waals surface area contributed by atoms with Crippen LogP contribution in [-0.4, -0.2) is 48.0 Å². The third kappa shape index (κ3) is 5.04. The molecule has 1 aliphatic rings. The molecule has 2 amide bonds. The molecule has 164 valence electrons. The van der Waals surface area contributed by atoms with Gasteiger partial charge >= 0.3 is 0 Å². The predicted molar refractivity (Wildman–Crippen MR) is 116 cm³/mol. The van der Waals surface area contributed by atoms with Gasteiger partial charge in [-0.25, -0.2) is 5.01 Å². The number of carbonyl (C=O) groups excluding carboxylic acids is 2. The number of rotatable bonds is 9. The molecule has 0 saturated carbocycles. The summed E-state index contributed by atoms with van der Waals surface area (Å²) < 4.78 is 11.5. The van der Waals surface area contributed by atoms with Crippen LogP contribution in [0.4, 0.5) is 5.69 Å². The van der Waals surface area contributed by atoms with E-state index in [1.807, 2.05) is 13.0 Å². The molecule has 3 rings (SSSR count). The predicted octanol–water partition coefficient (Wildman–Crippen LogP) is 1.98. The van der Waals surface area contributed by atoms with Gasteiger partial charge in [-0.2, -0.15) is 0 Å². The normalized spacial score (nSPS) is 15.9. The number of aliphatic hydroxyl groups excluding tert-OH is 2. The van der Waals surface area contributed by atoms with E-state index in [0.29, 0.717) is 34.9 Å². The van der Waals surface area contributed by atoms with E-state index in [9.17, 15) is 14.7 Å². The van der Waals surface area contributed by atoms with E-state index in [-0.39, 0.29) is 12.2 Å². The van der Waals surface area contributed by atoms with Gasteiger partial charge in [-0.15, -0.1) is 0 Å². The van der Waals surface area contributed by atoms with Crippen LogP contribution in [0.1, 0.15) is 24.5 Å². The van der Waals surface area contributed by atoms with Gasteiger partial charge in [0.15, 0.2) is 0 Å². The number of para-hydroxylation sites is 1. The Hall–Kier alpha value is -3.36. The van der Waals surface area contributed by atoms with Gasteiger partial charge in [0.25, 0.3) is 11.8 Å². The van der Waals surface area contributed by atoms with Crippen LogP contribution in [0.25, 0.3) is 6.08 Å². The lowest BCUT2D eigenvalue weighted by Gasteiger charge is -2.17. The molecule has 1 fully saturated rings. The highest BCUT2D eigenvalue weighted by Gasteiger charge is 2.34. The maximum Gasteiger partial charge on any atom is 0.282 e. The highest BCUT2D eigenvalue weighted by Crippen LogP contribution is 2.34. The van der Waals surface area contributed by atoms with Crippen molar-refractivity contribution >= 4 is 23.6 Å². The van der Waals surface area contributed by atoms with Crippen LogP contribution >= 0.6 is 0 Å². The van der Waals surface area contributed by atoms with Crippen LogP contribution in [0, 0.1) is 6.92 Å². The van der Waals surface area contributed by atoms with Gasteiger partial charge in [0.2, 0.25) is 0 Å². The van der Waals surface area contributed by atoms with Crippen molar-refractivity contribution in [3.63, 3.8) is 0 Å². The van der Waals surface area contributed by atoms with Crippen molar-refractivity contribution in [3.8, 4) is 11.5 Å². The zero-order chi connectivity index (χ0) is 22.4. The number of hydrogen-bond acceptors (Lipinski definition) is 6. The molecule has 0 unspecified atom stereocenters. The smallest absolute Gasteiger partial charge is 0.282 e. The fourth-order valence-corrected chi connectivity index (χ4v) is 3.07. The zero-order valence-electron chi connectivity index (χ0n) is 17.5. The summed E-state index contributed by atoms with van der Waals surface area (Å²) in [5.74, 6) is -0.0429. The Labute approximate surface area is 180 Å². The highest BCUT2D eigenvalue weighted by molar-refractivity contribution is 6.31. The van der Waals surface area contributed by atoms with E-state index >= 15 is 0 Å². The SMILES string of the molecule is CCCOc1ccc(/C=C2/C(=O)NN(c3ccccc3)C2=O)c(OC[C@@H](O)CO)c1C. The fraction of sp³-hybridized carbons (Fsp3) is 0.304. The Morgan fingerprint density at radius 1 is 1.13 bits per heavy atom. The minimum absolute atomic E-state index is 0.0435. The van der Waals surface area contributed by atoms with Crippen LogP contribution in [0.15, 0.2) is 48.0 Å². The number of hydrogen-bond donors (Lipinski definition) is 3. The molecule has 1 atom stereocenters. The van der Waals surface area contributed by atoms with E-state index in [1.165, 1.54) is 11.1 Å². The molecule has 1 aliphatic heterocycles. The highest BCUT2D eigenvalue weighted by atomic mass is 16.5. The van der Waals surface area contributed by atoms with Crippen molar-refractivity contribution in [2.45, 2.75) is 26.4 Å².